The van der Waals surface area contributed by atoms with Gasteiger partial charge in [0.1, 0.15) is 12.4 Å². The van der Waals surface area contributed by atoms with Crippen molar-refractivity contribution >= 4 is 23.2 Å². The van der Waals surface area contributed by atoms with Crippen molar-refractivity contribution in [3.63, 3.8) is 0 Å². The van der Waals surface area contributed by atoms with E-state index >= 15 is 0 Å². The minimum Gasteiger partial charge on any atom is -0.490 e. The van der Waals surface area contributed by atoms with Crippen molar-refractivity contribution in [2.75, 3.05) is 23.4 Å². The van der Waals surface area contributed by atoms with E-state index in [4.69, 9.17) is 4.74 Å². The zero-order valence-electron chi connectivity index (χ0n) is 14.5. The third-order valence-electron chi connectivity index (χ3n) is 4.21. The summed E-state index contributed by atoms with van der Waals surface area (Å²) in [6.45, 7) is 4.57. The maximum Gasteiger partial charge on any atom is 0.224 e. The quantitative estimate of drug-likeness (QED) is 0.930. The fourth-order valence-electron chi connectivity index (χ4n) is 2.97. The second-order valence-electron chi connectivity index (χ2n) is 6.24. The van der Waals surface area contributed by atoms with Crippen LogP contribution >= 0.6 is 0 Å². The minimum atomic E-state index is -0.0486. The first kappa shape index (κ1) is 17.0. The Morgan fingerprint density at radius 2 is 2.04 bits per heavy atom. The van der Waals surface area contributed by atoms with Crippen LogP contribution in [0.25, 0.3) is 0 Å². The van der Waals surface area contributed by atoms with E-state index in [0.29, 0.717) is 43.1 Å². The number of hydrogen-bond donors (Lipinski definition) is 1. The lowest BCUT2D eigenvalue weighted by Crippen LogP contribution is -2.36. The van der Waals surface area contributed by atoms with Gasteiger partial charge < -0.3 is 15.0 Å². The highest BCUT2D eigenvalue weighted by Gasteiger charge is 2.21. The molecule has 0 unspecified atom stereocenters. The van der Waals surface area contributed by atoms with Gasteiger partial charge in [-0.1, -0.05) is 29.8 Å². The van der Waals surface area contributed by atoms with Gasteiger partial charge in [0, 0.05) is 19.0 Å². The van der Waals surface area contributed by atoms with Crippen LogP contribution in [-0.4, -0.2) is 25.0 Å². The predicted octanol–water partition coefficient (Wildman–Crippen LogP) is 3.31. The number of fused-ring (bicyclic) bond motifs is 1. The van der Waals surface area contributed by atoms with E-state index in [9.17, 15) is 9.59 Å². The summed E-state index contributed by atoms with van der Waals surface area (Å²) in [5.41, 5.74) is 3.72. The SMILES string of the molecule is CC(=O)N1CCOc2ccc(NC(=O)CCc3cccc(C)c3)cc21. The Kier molecular flexibility index (Phi) is 5.03. The molecule has 2 amide bonds. The standard InChI is InChI=1S/C20H22N2O3/c1-14-4-3-5-16(12-14)6-9-20(24)21-17-7-8-19-18(13-17)22(15(2)23)10-11-25-19/h3-5,7-8,12-13H,6,9-11H2,1-2H3,(H,21,24). The number of hydrogen-bond acceptors (Lipinski definition) is 3. The first-order chi connectivity index (χ1) is 12.0. The Labute approximate surface area is 147 Å². The Bertz CT molecular complexity index is 801. The molecule has 3 rings (SSSR count). The van der Waals surface area contributed by atoms with Gasteiger partial charge in [0.2, 0.25) is 11.8 Å². The van der Waals surface area contributed by atoms with Gasteiger partial charge in [-0.3, -0.25) is 9.59 Å². The lowest BCUT2D eigenvalue weighted by molar-refractivity contribution is -0.117. The summed E-state index contributed by atoms with van der Waals surface area (Å²) in [5, 5.41) is 2.90. The van der Waals surface area contributed by atoms with Crippen LogP contribution in [0.1, 0.15) is 24.5 Å². The van der Waals surface area contributed by atoms with Crippen LogP contribution in [0.15, 0.2) is 42.5 Å². The molecule has 5 heteroatoms. The predicted molar refractivity (Wildman–Crippen MR) is 98.1 cm³/mol. The zero-order valence-corrected chi connectivity index (χ0v) is 14.5. The van der Waals surface area contributed by atoms with E-state index in [2.05, 4.69) is 11.4 Å². The second-order valence-corrected chi connectivity index (χ2v) is 6.24. The first-order valence-corrected chi connectivity index (χ1v) is 8.43. The van der Waals surface area contributed by atoms with Gasteiger partial charge in [-0.2, -0.15) is 0 Å². The summed E-state index contributed by atoms with van der Waals surface area (Å²) in [5.74, 6) is 0.583. The molecule has 0 spiro atoms. The number of carbonyl (C=O) groups excluding carboxylic acids is 2. The summed E-state index contributed by atoms with van der Waals surface area (Å²) < 4.78 is 5.57. The lowest BCUT2D eigenvalue weighted by Gasteiger charge is -2.29. The number of benzene rings is 2. The van der Waals surface area contributed by atoms with Crippen LogP contribution in [0.4, 0.5) is 11.4 Å². The fraction of sp³-hybridized carbons (Fsp3) is 0.300. The Morgan fingerprint density at radius 1 is 1.20 bits per heavy atom. The molecule has 5 nitrogen and oxygen atoms in total. The average molecular weight is 338 g/mol. The Hall–Kier alpha value is -2.82. The maximum absolute atomic E-state index is 12.2. The molecule has 1 heterocycles. The zero-order chi connectivity index (χ0) is 17.8. The molecule has 0 aromatic heterocycles. The van der Waals surface area contributed by atoms with Gasteiger partial charge >= 0.3 is 0 Å². The molecule has 0 saturated heterocycles. The van der Waals surface area contributed by atoms with E-state index in [1.165, 1.54) is 12.5 Å². The topological polar surface area (TPSA) is 58.6 Å². The number of aryl methyl sites for hydroxylation is 2. The highest BCUT2D eigenvalue weighted by atomic mass is 16.5. The molecule has 0 saturated carbocycles. The van der Waals surface area contributed by atoms with E-state index in [0.717, 1.165) is 5.56 Å². The molecule has 25 heavy (non-hydrogen) atoms. The molecular formula is C20H22N2O3. The molecule has 0 radical (unpaired) electrons. The average Bonchev–Trinajstić information content (AvgIpc) is 2.59. The summed E-state index contributed by atoms with van der Waals surface area (Å²) in [6.07, 6.45) is 1.11. The molecule has 0 atom stereocenters. The number of rotatable bonds is 4. The van der Waals surface area contributed by atoms with Gasteiger partial charge in [-0.15, -0.1) is 0 Å². The van der Waals surface area contributed by atoms with Gasteiger partial charge in [-0.05, 0) is 37.1 Å². The summed E-state index contributed by atoms with van der Waals surface area (Å²) in [6, 6.07) is 13.5. The van der Waals surface area contributed by atoms with Crippen molar-refractivity contribution in [1.29, 1.82) is 0 Å². The maximum atomic E-state index is 12.2. The summed E-state index contributed by atoms with van der Waals surface area (Å²) in [7, 11) is 0. The van der Waals surface area contributed by atoms with Crippen LogP contribution in [0, 0.1) is 6.92 Å². The lowest BCUT2D eigenvalue weighted by atomic mass is 10.1. The van der Waals surface area contributed by atoms with Gasteiger partial charge in [0.25, 0.3) is 0 Å². The minimum absolute atomic E-state index is 0.0347. The molecule has 1 aliphatic rings. The van der Waals surface area contributed by atoms with Crippen molar-refractivity contribution in [1.82, 2.24) is 0 Å². The monoisotopic (exact) mass is 338 g/mol. The number of ether oxygens (including phenoxy) is 1. The van der Waals surface area contributed by atoms with Crippen molar-refractivity contribution in [2.24, 2.45) is 0 Å². The van der Waals surface area contributed by atoms with Crippen LogP contribution in [0.5, 0.6) is 5.75 Å². The highest BCUT2D eigenvalue weighted by molar-refractivity contribution is 5.96. The van der Waals surface area contributed by atoms with Gasteiger partial charge in [-0.25, -0.2) is 0 Å². The molecule has 2 aromatic carbocycles. The molecule has 130 valence electrons. The van der Waals surface area contributed by atoms with Crippen molar-refractivity contribution in [3.8, 4) is 5.75 Å². The Morgan fingerprint density at radius 3 is 2.80 bits per heavy atom. The molecule has 0 aliphatic carbocycles. The molecule has 0 fully saturated rings. The third-order valence-corrected chi connectivity index (χ3v) is 4.21. The van der Waals surface area contributed by atoms with Crippen LogP contribution < -0.4 is 15.0 Å². The fourth-order valence-corrected chi connectivity index (χ4v) is 2.97. The Balaban J connectivity index is 1.65. The normalized spacial score (nSPS) is 13.0. The largest absolute Gasteiger partial charge is 0.490 e. The summed E-state index contributed by atoms with van der Waals surface area (Å²) in [4.78, 5) is 25.7. The second kappa shape index (κ2) is 7.38. The van der Waals surface area contributed by atoms with Gasteiger partial charge in [0.05, 0.1) is 12.2 Å². The highest BCUT2D eigenvalue weighted by Crippen LogP contribution is 2.34. The number of carbonyl (C=O) groups is 2. The van der Waals surface area contributed by atoms with E-state index < -0.39 is 0 Å². The molecule has 2 aromatic rings. The van der Waals surface area contributed by atoms with Crippen LogP contribution in [0.3, 0.4) is 0 Å². The number of amides is 2. The van der Waals surface area contributed by atoms with Crippen molar-refractivity contribution in [2.45, 2.75) is 26.7 Å². The molecule has 1 aliphatic heterocycles. The number of nitrogens with one attached hydrogen (secondary N) is 1. The number of nitrogens with zero attached hydrogens (tertiary/aromatic N) is 1. The molecular weight excluding hydrogens is 316 g/mol. The first-order valence-electron chi connectivity index (χ1n) is 8.43. The van der Waals surface area contributed by atoms with Crippen molar-refractivity contribution in [3.05, 3.63) is 53.6 Å². The smallest absolute Gasteiger partial charge is 0.224 e. The third kappa shape index (κ3) is 4.18. The number of anilines is 2. The summed E-state index contributed by atoms with van der Waals surface area (Å²) >= 11 is 0. The molecule has 0 bridgehead atoms. The molecule has 1 N–H and O–H groups in total. The van der Waals surface area contributed by atoms with E-state index in [1.807, 2.05) is 25.1 Å². The van der Waals surface area contributed by atoms with Crippen LogP contribution in [-0.2, 0) is 16.0 Å². The van der Waals surface area contributed by atoms with Crippen molar-refractivity contribution < 1.29 is 14.3 Å². The van der Waals surface area contributed by atoms with Gasteiger partial charge in [0.15, 0.2) is 0 Å². The van der Waals surface area contributed by atoms with E-state index in [1.54, 1.807) is 23.1 Å². The van der Waals surface area contributed by atoms with E-state index in [-0.39, 0.29) is 11.8 Å². The van der Waals surface area contributed by atoms with Crippen LogP contribution in [0.2, 0.25) is 0 Å².